The topological polar surface area (TPSA) is 59.2 Å². The number of anilines is 1. The summed E-state index contributed by atoms with van der Waals surface area (Å²) in [6.45, 7) is 2.77. The molecule has 0 radical (unpaired) electrons. The number of rotatable bonds is 3. The average Bonchev–Trinajstić information content (AvgIpc) is 2.21. The molecule has 0 bridgehead atoms. The van der Waals surface area contributed by atoms with Gasteiger partial charge in [0.2, 0.25) is 0 Å². The van der Waals surface area contributed by atoms with Crippen LogP contribution in [0.4, 0.5) is 5.82 Å². The molecule has 4 nitrogen and oxygen atoms in total. The van der Waals surface area contributed by atoms with Crippen molar-refractivity contribution in [3.8, 4) is 0 Å². The molecular formula is C10H14BrN3O. The second-order valence-corrected chi connectivity index (χ2v) is 4.17. The maximum atomic E-state index is 11.8. The summed E-state index contributed by atoms with van der Waals surface area (Å²) in [6.07, 6.45) is 2.43. The SMILES string of the molecule is CCCN(C)C(=O)c1cnc(N)c(Br)c1. The first-order valence-electron chi connectivity index (χ1n) is 4.72. The number of nitrogens with zero attached hydrogens (tertiary/aromatic N) is 2. The highest BCUT2D eigenvalue weighted by Gasteiger charge is 2.12. The highest BCUT2D eigenvalue weighted by Crippen LogP contribution is 2.18. The van der Waals surface area contributed by atoms with Crippen LogP contribution in [0.25, 0.3) is 0 Å². The zero-order valence-corrected chi connectivity index (χ0v) is 10.4. The van der Waals surface area contributed by atoms with E-state index in [-0.39, 0.29) is 5.91 Å². The Kier molecular flexibility index (Phi) is 4.08. The van der Waals surface area contributed by atoms with Crippen LogP contribution in [0.15, 0.2) is 16.7 Å². The third-order valence-corrected chi connectivity index (χ3v) is 2.66. The van der Waals surface area contributed by atoms with E-state index in [0.29, 0.717) is 15.9 Å². The fraction of sp³-hybridized carbons (Fsp3) is 0.400. The molecule has 0 aromatic carbocycles. The molecule has 5 heteroatoms. The lowest BCUT2D eigenvalue weighted by Gasteiger charge is -2.15. The van der Waals surface area contributed by atoms with E-state index in [9.17, 15) is 4.79 Å². The first kappa shape index (κ1) is 12.0. The maximum Gasteiger partial charge on any atom is 0.255 e. The number of pyridine rings is 1. The van der Waals surface area contributed by atoms with E-state index < -0.39 is 0 Å². The molecular weight excluding hydrogens is 258 g/mol. The van der Waals surface area contributed by atoms with Gasteiger partial charge in [-0.05, 0) is 28.4 Å². The molecule has 1 aromatic rings. The van der Waals surface area contributed by atoms with Crippen molar-refractivity contribution < 1.29 is 4.79 Å². The molecule has 0 saturated heterocycles. The Morgan fingerprint density at radius 3 is 2.87 bits per heavy atom. The second kappa shape index (κ2) is 5.11. The summed E-state index contributed by atoms with van der Waals surface area (Å²) in [5, 5.41) is 0. The minimum atomic E-state index is -0.0370. The van der Waals surface area contributed by atoms with Crippen molar-refractivity contribution in [2.45, 2.75) is 13.3 Å². The third kappa shape index (κ3) is 2.92. The van der Waals surface area contributed by atoms with Gasteiger partial charge in [-0.25, -0.2) is 4.98 Å². The fourth-order valence-corrected chi connectivity index (χ4v) is 1.57. The molecule has 1 aromatic heterocycles. The van der Waals surface area contributed by atoms with Gasteiger partial charge in [-0.2, -0.15) is 0 Å². The number of carbonyl (C=O) groups is 1. The van der Waals surface area contributed by atoms with E-state index in [1.807, 2.05) is 6.92 Å². The fourth-order valence-electron chi connectivity index (χ4n) is 1.22. The summed E-state index contributed by atoms with van der Waals surface area (Å²) >= 11 is 3.24. The van der Waals surface area contributed by atoms with Crippen molar-refractivity contribution in [2.24, 2.45) is 0 Å². The van der Waals surface area contributed by atoms with Gasteiger partial charge in [0.15, 0.2) is 0 Å². The molecule has 1 heterocycles. The number of carbonyl (C=O) groups excluding carboxylic acids is 1. The van der Waals surface area contributed by atoms with Gasteiger partial charge in [0.05, 0.1) is 10.0 Å². The van der Waals surface area contributed by atoms with Crippen LogP contribution in [0.2, 0.25) is 0 Å². The van der Waals surface area contributed by atoms with Crippen LogP contribution in [0.3, 0.4) is 0 Å². The number of amides is 1. The van der Waals surface area contributed by atoms with Crippen LogP contribution in [-0.4, -0.2) is 29.4 Å². The zero-order chi connectivity index (χ0) is 11.4. The van der Waals surface area contributed by atoms with Crippen molar-refractivity contribution in [1.29, 1.82) is 0 Å². The highest BCUT2D eigenvalue weighted by atomic mass is 79.9. The lowest BCUT2D eigenvalue weighted by molar-refractivity contribution is 0.0794. The molecule has 0 fully saturated rings. The molecule has 0 unspecified atom stereocenters. The molecule has 0 saturated carbocycles. The lowest BCUT2D eigenvalue weighted by Crippen LogP contribution is -2.27. The van der Waals surface area contributed by atoms with E-state index in [4.69, 9.17) is 5.73 Å². The van der Waals surface area contributed by atoms with Crippen LogP contribution in [-0.2, 0) is 0 Å². The lowest BCUT2D eigenvalue weighted by atomic mass is 10.2. The average molecular weight is 272 g/mol. The van der Waals surface area contributed by atoms with Crippen LogP contribution in [0.1, 0.15) is 23.7 Å². The molecule has 0 aliphatic heterocycles. The standard InChI is InChI=1S/C10H14BrN3O/c1-3-4-14(2)10(15)7-5-8(11)9(12)13-6-7/h5-6H,3-4H2,1-2H3,(H2,12,13). The third-order valence-electron chi connectivity index (χ3n) is 2.02. The van der Waals surface area contributed by atoms with E-state index in [1.165, 1.54) is 6.20 Å². The summed E-state index contributed by atoms with van der Waals surface area (Å²) in [6, 6.07) is 1.69. The normalized spacial score (nSPS) is 10.1. The summed E-state index contributed by atoms with van der Waals surface area (Å²) in [7, 11) is 1.77. The minimum absolute atomic E-state index is 0.0370. The van der Waals surface area contributed by atoms with Gasteiger partial charge in [-0.15, -0.1) is 0 Å². The van der Waals surface area contributed by atoms with Crippen molar-refractivity contribution in [2.75, 3.05) is 19.3 Å². The predicted octanol–water partition coefficient (Wildman–Crippen LogP) is 1.91. The molecule has 0 spiro atoms. The Morgan fingerprint density at radius 2 is 2.33 bits per heavy atom. The second-order valence-electron chi connectivity index (χ2n) is 3.32. The van der Waals surface area contributed by atoms with E-state index in [2.05, 4.69) is 20.9 Å². The first-order chi connectivity index (χ1) is 7.06. The van der Waals surface area contributed by atoms with Crippen molar-refractivity contribution in [1.82, 2.24) is 9.88 Å². The van der Waals surface area contributed by atoms with Crippen molar-refractivity contribution in [3.63, 3.8) is 0 Å². The van der Waals surface area contributed by atoms with Gasteiger partial charge >= 0.3 is 0 Å². The molecule has 15 heavy (non-hydrogen) atoms. The number of aromatic nitrogens is 1. The van der Waals surface area contributed by atoms with Crippen LogP contribution in [0, 0.1) is 0 Å². The number of halogens is 1. The first-order valence-corrected chi connectivity index (χ1v) is 5.52. The Morgan fingerprint density at radius 1 is 1.67 bits per heavy atom. The Balaban J connectivity index is 2.87. The van der Waals surface area contributed by atoms with Gasteiger partial charge in [-0.1, -0.05) is 6.92 Å². The summed E-state index contributed by atoms with van der Waals surface area (Å²) < 4.78 is 0.651. The van der Waals surface area contributed by atoms with Crippen LogP contribution >= 0.6 is 15.9 Å². The van der Waals surface area contributed by atoms with Crippen LogP contribution in [0.5, 0.6) is 0 Å². The number of hydrogen-bond donors (Lipinski definition) is 1. The van der Waals surface area contributed by atoms with E-state index in [1.54, 1.807) is 18.0 Å². The molecule has 0 atom stereocenters. The van der Waals surface area contributed by atoms with Gasteiger partial charge in [0.25, 0.3) is 5.91 Å². The molecule has 82 valence electrons. The minimum Gasteiger partial charge on any atom is -0.383 e. The van der Waals surface area contributed by atoms with Gasteiger partial charge in [-0.3, -0.25) is 4.79 Å². The monoisotopic (exact) mass is 271 g/mol. The van der Waals surface area contributed by atoms with E-state index in [0.717, 1.165) is 13.0 Å². The molecule has 2 N–H and O–H groups in total. The smallest absolute Gasteiger partial charge is 0.255 e. The Hall–Kier alpha value is -1.10. The van der Waals surface area contributed by atoms with Gasteiger partial charge in [0.1, 0.15) is 5.82 Å². The Labute approximate surface area is 97.6 Å². The number of nitrogens with two attached hydrogens (primary N) is 1. The van der Waals surface area contributed by atoms with Gasteiger partial charge < -0.3 is 10.6 Å². The summed E-state index contributed by atoms with van der Waals surface area (Å²) in [5.74, 6) is 0.356. The van der Waals surface area contributed by atoms with Gasteiger partial charge in [0, 0.05) is 19.8 Å². The Bertz CT molecular complexity index is 368. The van der Waals surface area contributed by atoms with Crippen LogP contribution < -0.4 is 5.73 Å². The van der Waals surface area contributed by atoms with E-state index >= 15 is 0 Å². The van der Waals surface area contributed by atoms with Crippen molar-refractivity contribution >= 4 is 27.7 Å². The summed E-state index contributed by atoms with van der Waals surface area (Å²) in [5.41, 5.74) is 6.09. The zero-order valence-electron chi connectivity index (χ0n) is 8.83. The molecule has 1 amide bonds. The highest BCUT2D eigenvalue weighted by molar-refractivity contribution is 9.10. The van der Waals surface area contributed by atoms with Crippen molar-refractivity contribution in [3.05, 3.63) is 22.3 Å². The number of hydrogen-bond acceptors (Lipinski definition) is 3. The largest absolute Gasteiger partial charge is 0.383 e. The quantitative estimate of drug-likeness (QED) is 0.914. The molecule has 0 aliphatic carbocycles. The molecule has 0 aliphatic rings. The molecule has 1 rings (SSSR count). The maximum absolute atomic E-state index is 11.8. The number of nitrogen functional groups attached to an aromatic ring is 1. The predicted molar refractivity (Wildman–Crippen MR) is 63.6 cm³/mol. The summed E-state index contributed by atoms with van der Waals surface area (Å²) in [4.78, 5) is 17.4.